The second-order valence-electron chi connectivity index (χ2n) is 3.47. The van der Waals surface area contributed by atoms with Crippen molar-refractivity contribution in [3.05, 3.63) is 0 Å². The molecule has 1 fully saturated rings. The zero-order valence-electron chi connectivity index (χ0n) is 8.23. The molecule has 1 aliphatic rings. The lowest BCUT2D eigenvalue weighted by Gasteiger charge is -2.21. The highest BCUT2D eigenvalue weighted by Crippen LogP contribution is 2.27. The highest BCUT2D eigenvalue weighted by molar-refractivity contribution is 7.99. The Morgan fingerprint density at radius 2 is 2.14 bits per heavy atom. The van der Waals surface area contributed by atoms with Crippen LogP contribution in [0.1, 0.15) is 12.8 Å². The summed E-state index contributed by atoms with van der Waals surface area (Å²) in [6.07, 6.45) is 2.38. The molecular weight excluding hydrogens is 198 g/mol. The van der Waals surface area contributed by atoms with Crippen LogP contribution in [0.4, 0.5) is 5.95 Å². The summed E-state index contributed by atoms with van der Waals surface area (Å²) in [6, 6.07) is 0. The lowest BCUT2D eigenvalue weighted by Crippen LogP contribution is -2.29. The summed E-state index contributed by atoms with van der Waals surface area (Å²) < 4.78 is 1.84. The van der Waals surface area contributed by atoms with Crippen LogP contribution in [0, 0.1) is 0 Å². The predicted molar refractivity (Wildman–Crippen MR) is 57.2 cm³/mol. The molecule has 1 aromatic rings. The van der Waals surface area contributed by atoms with E-state index in [9.17, 15) is 0 Å². The minimum Gasteiger partial charge on any atom is -0.368 e. The highest BCUT2D eigenvalue weighted by atomic mass is 32.2. The van der Waals surface area contributed by atoms with Crippen molar-refractivity contribution in [1.82, 2.24) is 20.1 Å². The minimum atomic E-state index is 0.487. The quantitative estimate of drug-likeness (QED) is 0.736. The van der Waals surface area contributed by atoms with Crippen molar-refractivity contribution < 1.29 is 0 Å². The molecule has 1 saturated heterocycles. The fourth-order valence-corrected chi connectivity index (χ4v) is 2.60. The van der Waals surface area contributed by atoms with Crippen molar-refractivity contribution in [2.75, 3.05) is 18.8 Å². The van der Waals surface area contributed by atoms with E-state index >= 15 is 0 Å². The van der Waals surface area contributed by atoms with Gasteiger partial charge in [-0.15, -0.1) is 10.2 Å². The van der Waals surface area contributed by atoms with Gasteiger partial charge in [-0.25, -0.2) is 0 Å². The monoisotopic (exact) mass is 213 g/mol. The van der Waals surface area contributed by atoms with Crippen molar-refractivity contribution in [2.24, 2.45) is 7.05 Å². The van der Waals surface area contributed by atoms with Gasteiger partial charge in [0.25, 0.3) is 0 Å². The van der Waals surface area contributed by atoms with E-state index in [4.69, 9.17) is 5.73 Å². The van der Waals surface area contributed by atoms with Gasteiger partial charge < -0.3 is 11.1 Å². The molecule has 1 aromatic heterocycles. The van der Waals surface area contributed by atoms with Gasteiger partial charge >= 0.3 is 0 Å². The largest absolute Gasteiger partial charge is 0.368 e. The predicted octanol–water partition coefficient (Wildman–Crippen LogP) is 0.241. The third-order valence-corrected chi connectivity index (χ3v) is 3.80. The second kappa shape index (κ2) is 4.18. The van der Waals surface area contributed by atoms with Crippen molar-refractivity contribution in [3.63, 3.8) is 0 Å². The Balaban J connectivity index is 1.99. The van der Waals surface area contributed by atoms with Crippen molar-refractivity contribution in [2.45, 2.75) is 23.2 Å². The topological polar surface area (TPSA) is 68.8 Å². The molecule has 0 atom stereocenters. The number of nitrogens with two attached hydrogens (primary N) is 1. The van der Waals surface area contributed by atoms with Crippen molar-refractivity contribution >= 4 is 17.7 Å². The third-order valence-electron chi connectivity index (χ3n) is 2.43. The molecule has 0 bridgehead atoms. The SMILES string of the molecule is Cn1c(N)nnc1SC1CCNCC1. The third kappa shape index (κ3) is 2.01. The Hall–Kier alpha value is -0.750. The fourth-order valence-electron chi connectivity index (χ4n) is 1.49. The maximum Gasteiger partial charge on any atom is 0.222 e. The van der Waals surface area contributed by atoms with Gasteiger partial charge in [-0.2, -0.15) is 0 Å². The highest BCUT2D eigenvalue weighted by Gasteiger charge is 2.17. The summed E-state index contributed by atoms with van der Waals surface area (Å²) in [6.45, 7) is 2.20. The summed E-state index contributed by atoms with van der Waals surface area (Å²) >= 11 is 1.78. The Labute approximate surface area is 87.5 Å². The van der Waals surface area contributed by atoms with Crippen LogP contribution in [0.3, 0.4) is 0 Å². The van der Waals surface area contributed by atoms with Gasteiger partial charge in [0.05, 0.1) is 0 Å². The van der Waals surface area contributed by atoms with Crippen molar-refractivity contribution in [3.8, 4) is 0 Å². The molecule has 14 heavy (non-hydrogen) atoms. The molecule has 0 aliphatic carbocycles. The van der Waals surface area contributed by atoms with E-state index in [1.807, 2.05) is 11.6 Å². The zero-order chi connectivity index (χ0) is 9.97. The van der Waals surface area contributed by atoms with E-state index in [2.05, 4.69) is 15.5 Å². The first kappa shape index (κ1) is 9.79. The number of aromatic nitrogens is 3. The standard InChI is InChI=1S/C8H15N5S/c1-13-7(9)11-12-8(13)14-6-2-4-10-5-3-6/h6,10H,2-5H2,1H3,(H2,9,11). The fraction of sp³-hybridized carbons (Fsp3) is 0.750. The average Bonchev–Trinajstić information content (AvgIpc) is 2.52. The van der Waals surface area contributed by atoms with Gasteiger partial charge in [0.2, 0.25) is 5.95 Å². The van der Waals surface area contributed by atoms with Crippen molar-refractivity contribution in [1.29, 1.82) is 0 Å². The Kier molecular flexibility index (Phi) is 2.93. The number of hydrogen-bond donors (Lipinski definition) is 2. The number of nitrogen functional groups attached to an aromatic ring is 1. The van der Waals surface area contributed by atoms with Crippen LogP contribution < -0.4 is 11.1 Å². The maximum absolute atomic E-state index is 5.61. The van der Waals surface area contributed by atoms with E-state index < -0.39 is 0 Å². The molecule has 0 radical (unpaired) electrons. The van der Waals surface area contributed by atoms with E-state index in [1.54, 1.807) is 11.8 Å². The summed E-state index contributed by atoms with van der Waals surface area (Å²) in [5, 5.41) is 12.8. The smallest absolute Gasteiger partial charge is 0.222 e. The molecule has 0 unspecified atom stereocenters. The number of piperidine rings is 1. The van der Waals surface area contributed by atoms with Gasteiger partial charge in [0, 0.05) is 12.3 Å². The van der Waals surface area contributed by atoms with Gasteiger partial charge in [0.1, 0.15) is 0 Å². The van der Waals surface area contributed by atoms with Crippen LogP contribution in [0.25, 0.3) is 0 Å². The van der Waals surface area contributed by atoms with E-state index in [0.29, 0.717) is 11.2 Å². The molecule has 0 amide bonds. The van der Waals surface area contributed by atoms with Gasteiger partial charge in [-0.3, -0.25) is 4.57 Å². The summed E-state index contributed by atoms with van der Waals surface area (Å²) in [7, 11) is 1.90. The second-order valence-corrected chi connectivity index (χ2v) is 4.73. The van der Waals surface area contributed by atoms with Crippen LogP contribution in [-0.4, -0.2) is 33.1 Å². The van der Waals surface area contributed by atoms with Gasteiger partial charge in [-0.1, -0.05) is 11.8 Å². The van der Waals surface area contributed by atoms with Crippen LogP contribution in [0.5, 0.6) is 0 Å². The summed E-state index contributed by atoms with van der Waals surface area (Å²) in [5.74, 6) is 0.487. The number of nitrogens with one attached hydrogen (secondary N) is 1. The van der Waals surface area contributed by atoms with E-state index in [0.717, 1.165) is 18.2 Å². The van der Waals surface area contributed by atoms with E-state index in [-0.39, 0.29) is 0 Å². The minimum absolute atomic E-state index is 0.487. The molecular formula is C8H15N5S. The number of hydrogen-bond acceptors (Lipinski definition) is 5. The molecule has 0 saturated carbocycles. The molecule has 2 rings (SSSR count). The zero-order valence-corrected chi connectivity index (χ0v) is 9.05. The molecule has 5 nitrogen and oxygen atoms in total. The number of nitrogens with zero attached hydrogens (tertiary/aromatic N) is 3. The first-order valence-corrected chi connectivity index (χ1v) is 5.67. The normalized spacial score (nSPS) is 18.6. The molecule has 2 heterocycles. The summed E-state index contributed by atoms with van der Waals surface area (Å²) in [5.41, 5.74) is 5.61. The molecule has 3 N–H and O–H groups in total. The number of anilines is 1. The van der Waals surface area contributed by atoms with Crippen LogP contribution in [-0.2, 0) is 7.05 Å². The molecule has 0 spiro atoms. The Bertz CT molecular complexity index is 305. The molecule has 6 heteroatoms. The van der Waals surface area contributed by atoms with Crippen LogP contribution in [0.2, 0.25) is 0 Å². The molecule has 1 aliphatic heterocycles. The Morgan fingerprint density at radius 1 is 1.43 bits per heavy atom. The Morgan fingerprint density at radius 3 is 2.71 bits per heavy atom. The first-order valence-electron chi connectivity index (χ1n) is 4.79. The summed E-state index contributed by atoms with van der Waals surface area (Å²) in [4.78, 5) is 0. The number of thioether (sulfide) groups is 1. The lowest BCUT2D eigenvalue weighted by molar-refractivity contribution is 0.530. The molecule has 0 aromatic carbocycles. The van der Waals surface area contributed by atoms with E-state index in [1.165, 1.54) is 12.8 Å². The lowest BCUT2D eigenvalue weighted by atomic mass is 10.2. The van der Waals surface area contributed by atoms with Gasteiger partial charge in [-0.05, 0) is 25.9 Å². The van der Waals surface area contributed by atoms with Crippen LogP contribution >= 0.6 is 11.8 Å². The maximum atomic E-state index is 5.61. The van der Waals surface area contributed by atoms with Crippen LogP contribution in [0.15, 0.2) is 5.16 Å². The van der Waals surface area contributed by atoms with Gasteiger partial charge in [0.15, 0.2) is 5.16 Å². The first-order chi connectivity index (χ1) is 6.77. The number of rotatable bonds is 2. The molecule has 78 valence electrons. The average molecular weight is 213 g/mol.